The third-order valence-corrected chi connectivity index (χ3v) is 3.92. The Labute approximate surface area is 111 Å². The van der Waals surface area contributed by atoms with Gasteiger partial charge in [0, 0.05) is 12.1 Å². The Hall–Kier alpha value is -0.900. The average molecular weight is 247 g/mol. The average Bonchev–Trinajstić information content (AvgIpc) is 2.33. The van der Waals surface area contributed by atoms with E-state index in [1.165, 1.54) is 11.1 Å². The summed E-state index contributed by atoms with van der Waals surface area (Å²) in [4.78, 5) is 4.57. The lowest BCUT2D eigenvalue weighted by Gasteiger charge is -2.39. The third kappa shape index (κ3) is 2.91. The predicted octanol–water partition coefficient (Wildman–Crippen LogP) is 1.63. The molecule has 3 nitrogen and oxygen atoms in total. The first-order valence-corrected chi connectivity index (χ1v) is 6.72. The van der Waals surface area contributed by atoms with Crippen LogP contribution in [0.15, 0.2) is 24.3 Å². The van der Waals surface area contributed by atoms with E-state index in [1.807, 2.05) is 0 Å². The monoisotopic (exact) mass is 247 g/mol. The molecule has 2 rings (SSSR count). The van der Waals surface area contributed by atoms with E-state index >= 15 is 0 Å². The molecule has 2 N–H and O–H groups in total. The molecule has 0 aliphatic carbocycles. The van der Waals surface area contributed by atoms with Crippen molar-refractivity contribution in [2.75, 3.05) is 34.2 Å². The first-order valence-electron chi connectivity index (χ1n) is 6.72. The van der Waals surface area contributed by atoms with Crippen molar-refractivity contribution in [3.05, 3.63) is 35.4 Å². The van der Waals surface area contributed by atoms with Gasteiger partial charge in [0.25, 0.3) is 0 Å². The van der Waals surface area contributed by atoms with Crippen molar-refractivity contribution >= 4 is 0 Å². The summed E-state index contributed by atoms with van der Waals surface area (Å²) in [6.07, 6.45) is 2.10. The fraction of sp³-hybridized carbons (Fsp3) is 0.600. The first kappa shape index (κ1) is 13.5. The fourth-order valence-corrected chi connectivity index (χ4v) is 2.77. The Bertz CT molecular complexity index is 392. The maximum absolute atomic E-state index is 6.67. The number of nitrogens with two attached hydrogens (primary N) is 1. The van der Waals surface area contributed by atoms with Crippen molar-refractivity contribution < 1.29 is 0 Å². The molecule has 1 heterocycles. The van der Waals surface area contributed by atoms with Crippen LogP contribution in [0, 0.1) is 0 Å². The molecule has 1 aliphatic rings. The highest BCUT2D eigenvalue weighted by atomic mass is 15.1. The van der Waals surface area contributed by atoms with Gasteiger partial charge in [-0.2, -0.15) is 0 Å². The second-order valence-electron chi connectivity index (χ2n) is 5.85. The maximum Gasteiger partial charge on any atom is 0.0437 e. The van der Waals surface area contributed by atoms with Crippen molar-refractivity contribution in [2.24, 2.45) is 5.73 Å². The normalized spacial score (nSPS) is 20.3. The summed E-state index contributed by atoms with van der Waals surface area (Å²) in [7, 11) is 6.38. The molecule has 3 heteroatoms. The van der Waals surface area contributed by atoms with Crippen LogP contribution in [0.25, 0.3) is 0 Å². The number of benzene rings is 1. The molecule has 1 saturated heterocycles. The van der Waals surface area contributed by atoms with Crippen LogP contribution in [0.1, 0.15) is 24.0 Å². The van der Waals surface area contributed by atoms with Gasteiger partial charge in [-0.25, -0.2) is 0 Å². The van der Waals surface area contributed by atoms with Crippen LogP contribution in [-0.4, -0.2) is 44.0 Å². The van der Waals surface area contributed by atoms with Gasteiger partial charge in [0.05, 0.1) is 0 Å². The van der Waals surface area contributed by atoms with Crippen LogP contribution in [0.3, 0.4) is 0 Å². The molecule has 0 saturated carbocycles. The molecule has 1 aromatic rings. The largest absolute Gasteiger partial charge is 0.321 e. The highest BCUT2D eigenvalue weighted by Crippen LogP contribution is 2.32. The molecular formula is C15H25N3. The van der Waals surface area contributed by atoms with E-state index in [2.05, 4.69) is 55.2 Å². The molecule has 18 heavy (non-hydrogen) atoms. The number of piperidine rings is 1. The zero-order chi connectivity index (χ0) is 13.2. The van der Waals surface area contributed by atoms with E-state index in [0.29, 0.717) is 0 Å². The Balaban J connectivity index is 2.26. The lowest BCUT2D eigenvalue weighted by molar-refractivity contribution is 0.190. The van der Waals surface area contributed by atoms with Crippen molar-refractivity contribution in [3.8, 4) is 0 Å². The van der Waals surface area contributed by atoms with Gasteiger partial charge in [-0.15, -0.1) is 0 Å². The molecule has 0 atom stereocenters. The van der Waals surface area contributed by atoms with Crippen LogP contribution in [-0.2, 0) is 12.1 Å². The molecule has 100 valence electrons. The van der Waals surface area contributed by atoms with E-state index in [-0.39, 0.29) is 5.54 Å². The quantitative estimate of drug-likeness (QED) is 0.881. The predicted molar refractivity (Wildman–Crippen MR) is 76.4 cm³/mol. The Kier molecular flexibility index (Phi) is 4.05. The number of nitrogens with zero attached hydrogens (tertiary/aromatic N) is 2. The molecule has 0 unspecified atom stereocenters. The summed E-state index contributed by atoms with van der Waals surface area (Å²) in [6, 6.07) is 8.65. The maximum atomic E-state index is 6.67. The Morgan fingerprint density at radius 2 is 1.83 bits per heavy atom. The smallest absolute Gasteiger partial charge is 0.0437 e. The number of likely N-dealkylation sites (tertiary alicyclic amines) is 1. The van der Waals surface area contributed by atoms with Crippen LogP contribution in [0.4, 0.5) is 0 Å². The van der Waals surface area contributed by atoms with Gasteiger partial charge in [-0.3, -0.25) is 0 Å². The van der Waals surface area contributed by atoms with E-state index < -0.39 is 0 Å². The summed E-state index contributed by atoms with van der Waals surface area (Å²) in [6.45, 7) is 3.14. The highest BCUT2D eigenvalue weighted by molar-refractivity contribution is 5.34. The molecule has 1 fully saturated rings. The van der Waals surface area contributed by atoms with Gasteiger partial charge in [-0.05, 0) is 58.2 Å². The Morgan fingerprint density at radius 1 is 1.22 bits per heavy atom. The zero-order valence-electron chi connectivity index (χ0n) is 11.8. The van der Waals surface area contributed by atoms with Gasteiger partial charge in [0.1, 0.15) is 0 Å². The van der Waals surface area contributed by atoms with E-state index in [1.54, 1.807) is 0 Å². The Morgan fingerprint density at radius 3 is 2.44 bits per heavy atom. The first-order chi connectivity index (χ1) is 8.51. The SMILES string of the molecule is CN(C)Cc1ccccc1C1(N)CCN(C)CC1. The minimum atomic E-state index is -0.140. The molecule has 1 aromatic carbocycles. The van der Waals surface area contributed by atoms with Crippen LogP contribution in [0.2, 0.25) is 0 Å². The molecular weight excluding hydrogens is 222 g/mol. The summed E-state index contributed by atoms with van der Waals surface area (Å²) in [5, 5.41) is 0. The minimum Gasteiger partial charge on any atom is -0.321 e. The minimum absolute atomic E-state index is 0.140. The second-order valence-corrected chi connectivity index (χ2v) is 5.85. The van der Waals surface area contributed by atoms with Crippen molar-refractivity contribution in [3.63, 3.8) is 0 Å². The summed E-state index contributed by atoms with van der Waals surface area (Å²) in [5.74, 6) is 0. The highest BCUT2D eigenvalue weighted by Gasteiger charge is 2.32. The molecule has 0 bridgehead atoms. The summed E-state index contributed by atoms with van der Waals surface area (Å²) in [5.41, 5.74) is 9.24. The zero-order valence-corrected chi connectivity index (χ0v) is 11.8. The van der Waals surface area contributed by atoms with Crippen LogP contribution >= 0.6 is 0 Å². The third-order valence-electron chi connectivity index (χ3n) is 3.92. The van der Waals surface area contributed by atoms with Gasteiger partial charge < -0.3 is 15.5 Å². The van der Waals surface area contributed by atoms with Gasteiger partial charge >= 0.3 is 0 Å². The van der Waals surface area contributed by atoms with E-state index in [4.69, 9.17) is 5.73 Å². The molecule has 1 aliphatic heterocycles. The van der Waals surface area contributed by atoms with Gasteiger partial charge in [0.2, 0.25) is 0 Å². The standard InChI is InChI=1S/C15H25N3/c1-17(2)12-13-6-4-5-7-14(13)15(16)8-10-18(3)11-9-15/h4-7H,8-12,16H2,1-3H3. The molecule has 0 spiro atoms. The summed E-state index contributed by atoms with van der Waals surface area (Å²) < 4.78 is 0. The van der Waals surface area contributed by atoms with Crippen LogP contribution < -0.4 is 5.73 Å². The second kappa shape index (κ2) is 5.39. The molecule has 0 amide bonds. The van der Waals surface area contributed by atoms with Crippen molar-refractivity contribution in [2.45, 2.75) is 24.9 Å². The molecule has 0 radical (unpaired) electrons. The van der Waals surface area contributed by atoms with E-state index in [0.717, 1.165) is 32.5 Å². The topological polar surface area (TPSA) is 32.5 Å². The van der Waals surface area contributed by atoms with Gasteiger partial charge in [-0.1, -0.05) is 24.3 Å². The van der Waals surface area contributed by atoms with Crippen LogP contribution in [0.5, 0.6) is 0 Å². The number of hydrogen-bond donors (Lipinski definition) is 1. The number of hydrogen-bond acceptors (Lipinski definition) is 3. The molecule has 0 aromatic heterocycles. The summed E-state index contributed by atoms with van der Waals surface area (Å²) >= 11 is 0. The van der Waals surface area contributed by atoms with Crippen molar-refractivity contribution in [1.82, 2.24) is 9.80 Å². The lowest BCUT2D eigenvalue weighted by atomic mass is 9.79. The fourth-order valence-electron chi connectivity index (χ4n) is 2.77. The lowest BCUT2D eigenvalue weighted by Crippen LogP contribution is -2.47. The van der Waals surface area contributed by atoms with Gasteiger partial charge in [0.15, 0.2) is 0 Å². The van der Waals surface area contributed by atoms with E-state index in [9.17, 15) is 0 Å². The number of rotatable bonds is 3. The van der Waals surface area contributed by atoms with Crippen molar-refractivity contribution in [1.29, 1.82) is 0 Å².